The van der Waals surface area contributed by atoms with E-state index in [9.17, 15) is 9.59 Å². The summed E-state index contributed by atoms with van der Waals surface area (Å²) in [6.07, 6.45) is 1.44. The lowest BCUT2D eigenvalue weighted by Gasteiger charge is -2.05. The molecule has 0 aliphatic carbocycles. The van der Waals surface area contributed by atoms with E-state index in [1.54, 1.807) is 0 Å². The van der Waals surface area contributed by atoms with Crippen molar-refractivity contribution in [2.75, 3.05) is 0 Å². The maximum Gasteiger partial charge on any atom is 0.352 e. The summed E-state index contributed by atoms with van der Waals surface area (Å²) in [4.78, 5) is 28.9. The number of nitrogens with zero attached hydrogens (tertiary/aromatic N) is 4. The van der Waals surface area contributed by atoms with Crippen molar-refractivity contribution < 1.29 is 4.79 Å². The number of carbonyl (C=O) groups excluding carboxylic acids is 1. The van der Waals surface area contributed by atoms with E-state index in [1.165, 1.54) is 10.7 Å². The monoisotopic (exact) mass is 347 g/mol. The van der Waals surface area contributed by atoms with Gasteiger partial charge < -0.3 is 5.32 Å². The minimum absolute atomic E-state index is 0.138. The zero-order valence-corrected chi connectivity index (χ0v) is 14.2. The van der Waals surface area contributed by atoms with Crippen molar-refractivity contribution in [3.8, 4) is 0 Å². The third-order valence-electron chi connectivity index (χ3n) is 4.23. The molecule has 0 aliphatic rings. The van der Waals surface area contributed by atoms with Crippen LogP contribution in [0.5, 0.6) is 0 Å². The summed E-state index contributed by atoms with van der Waals surface area (Å²) in [6.45, 7) is 2.28. The van der Waals surface area contributed by atoms with E-state index in [1.807, 2.05) is 55.5 Å². The first-order chi connectivity index (χ1) is 12.6. The van der Waals surface area contributed by atoms with Crippen molar-refractivity contribution in [2.45, 2.75) is 20.0 Å². The molecule has 7 heteroatoms. The Morgan fingerprint density at radius 2 is 1.88 bits per heavy atom. The molecule has 0 bridgehead atoms. The van der Waals surface area contributed by atoms with Crippen LogP contribution >= 0.6 is 0 Å². The fourth-order valence-electron chi connectivity index (χ4n) is 2.80. The van der Waals surface area contributed by atoms with Crippen LogP contribution in [0.15, 0.2) is 59.7 Å². The summed E-state index contributed by atoms with van der Waals surface area (Å²) in [5.74, 6) is -0.270. The van der Waals surface area contributed by atoms with Crippen molar-refractivity contribution in [2.24, 2.45) is 0 Å². The molecule has 7 nitrogen and oxygen atoms in total. The molecule has 0 saturated heterocycles. The fourth-order valence-corrected chi connectivity index (χ4v) is 2.80. The van der Waals surface area contributed by atoms with Gasteiger partial charge in [0.15, 0.2) is 5.65 Å². The number of hydrogen-bond acceptors (Lipinski definition) is 4. The van der Waals surface area contributed by atoms with Gasteiger partial charge in [0.05, 0.1) is 5.52 Å². The van der Waals surface area contributed by atoms with Gasteiger partial charge in [0.1, 0.15) is 12.9 Å². The van der Waals surface area contributed by atoms with Gasteiger partial charge in [-0.3, -0.25) is 4.79 Å². The summed E-state index contributed by atoms with van der Waals surface area (Å²) in [7, 11) is 0. The van der Waals surface area contributed by atoms with Crippen molar-refractivity contribution in [1.29, 1.82) is 0 Å². The molecule has 1 amide bonds. The number of fused-ring (bicyclic) bond motifs is 3. The smallest absolute Gasteiger partial charge is 0.350 e. The quantitative estimate of drug-likeness (QED) is 0.609. The highest BCUT2D eigenvalue weighted by atomic mass is 16.2. The topological polar surface area (TPSA) is 81.3 Å². The van der Waals surface area contributed by atoms with E-state index in [0.717, 1.165) is 26.7 Å². The average molecular weight is 347 g/mol. The fraction of sp³-hybridized carbons (Fsp3) is 0.158. The van der Waals surface area contributed by atoms with Gasteiger partial charge >= 0.3 is 5.69 Å². The Kier molecular flexibility index (Phi) is 3.96. The van der Waals surface area contributed by atoms with Crippen LogP contribution in [0.3, 0.4) is 0 Å². The number of aryl methyl sites for hydroxylation is 1. The molecule has 2 heterocycles. The van der Waals surface area contributed by atoms with Crippen molar-refractivity contribution in [3.05, 3.63) is 76.5 Å². The summed E-state index contributed by atoms with van der Waals surface area (Å²) in [5, 5.41) is 7.89. The van der Waals surface area contributed by atoms with E-state index in [2.05, 4.69) is 15.4 Å². The Morgan fingerprint density at radius 3 is 2.69 bits per heavy atom. The molecule has 2 aromatic carbocycles. The van der Waals surface area contributed by atoms with E-state index >= 15 is 0 Å². The number of aromatic nitrogens is 4. The number of hydrogen-bond donors (Lipinski definition) is 1. The molecule has 4 aromatic rings. The molecule has 1 N–H and O–H groups in total. The van der Waals surface area contributed by atoms with Gasteiger partial charge in [0, 0.05) is 11.9 Å². The summed E-state index contributed by atoms with van der Waals surface area (Å²) < 4.78 is 2.52. The zero-order chi connectivity index (χ0) is 18.1. The largest absolute Gasteiger partial charge is 0.352 e. The molecule has 0 saturated carbocycles. The first kappa shape index (κ1) is 16.0. The first-order valence-electron chi connectivity index (χ1n) is 8.27. The van der Waals surface area contributed by atoms with Gasteiger partial charge in [-0.1, -0.05) is 42.0 Å². The molecule has 4 rings (SSSR count). The molecule has 0 aliphatic heterocycles. The Hall–Kier alpha value is -3.48. The molecule has 130 valence electrons. The van der Waals surface area contributed by atoms with E-state index in [-0.39, 0.29) is 18.1 Å². The van der Waals surface area contributed by atoms with E-state index < -0.39 is 0 Å². The molecule has 0 radical (unpaired) electrons. The third kappa shape index (κ3) is 2.95. The third-order valence-corrected chi connectivity index (χ3v) is 4.23. The Labute approximate surface area is 148 Å². The number of para-hydroxylation sites is 1. The Bertz CT molecular complexity index is 1160. The van der Waals surface area contributed by atoms with Gasteiger partial charge in [-0.25, -0.2) is 18.9 Å². The normalized spacial score (nSPS) is 11.1. The molecule has 26 heavy (non-hydrogen) atoms. The highest BCUT2D eigenvalue weighted by Gasteiger charge is 2.13. The van der Waals surface area contributed by atoms with Crippen LogP contribution in [-0.2, 0) is 17.9 Å². The van der Waals surface area contributed by atoms with Crippen LogP contribution in [0.25, 0.3) is 16.6 Å². The second-order valence-electron chi connectivity index (χ2n) is 6.16. The summed E-state index contributed by atoms with van der Waals surface area (Å²) >= 11 is 0. The van der Waals surface area contributed by atoms with Crippen LogP contribution in [-0.4, -0.2) is 25.1 Å². The number of nitrogens with one attached hydrogen (secondary N) is 1. The van der Waals surface area contributed by atoms with Crippen LogP contribution < -0.4 is 11.0 Å². The first-order valence-corrected chi connectivity index (χ1v) is 8.27. The highest BCUT2D eigenvalue weighted by Crippen LogP contribution is 2.14. The minimum atomic E-state index is -0.385. The van der Waals surface area contributed by atoms with Crippen molar-refractivity contribution in [1.82, 2.24) is 24.5 Å². The molecule has 0 fully saturated rings. The van der Waals surface area contributed by atoms with E-state index in [0.29, 0.717) is 12.2 Å². The van der Waals surface area contributed by atoms with E-state index in [4.69, 9.17) is 0 Å². The van der Waals surface area contributed by atoms with Gasteiger partial charge in [-0.05, 0) is 24.6 Å². The van der Waals surface area contributed by atoms with Crippen LogP contribution in [0.1, 0.15) is 11.1 Å². The lowest BCUT2D eigenvalue weighted by molar-refractivity contribution is -0.122. The van der Waals surface area contributed by atoms with Gasteiger partial charge in [-0.2, -0.15) is 0 Å². The van der Waals surface area contributed by atoms with Crippen LogP contribution in [0.4, 0.5) is 0 Å². The maximum absolute atomic E-state index is 12.5. The Morgan fingerprint density at radius 1 is 1.12 bits per heavy atom. The number of rotatable bonds is 4. The highest BCUT2D eigenvalue weighted by molar-refractivity contribution is 5.90. The molecular weight excluding hydrogens is 330 g/mol. The molecule has 0 spiro atoms. The number of benzene rings is 2. The molecular formula is C19H17N5O2. The maximum atomic E-state index is 12.5. The summed E-state index contributed by atoms with van der Waals surface area (Å²) in [6, 6.07) is 15.4. The zero-order valence-electron chi connectivity index (χ0n) is 14.2. The van der Waals surface area contributed by atoms with Crippen LogP contribution in [0.2, 0.25) is 0 Å². The minimum Gasteiger partial charge on any atom is -0.350 e. The van der Waals surface area contributed by atoms with Crippen LogP contribution in [0, 0.1) is 6.92 Å². The number of carbonyl (C=O) groups is 1. The lowest BCUT2D eigenvalue weighted by Crippen LogP contribution is -2.32. The predicted octanol–water partition coefficient (Wildman–Crippen LogP) is 1.67. The van der Waals surface area contributed by atoms with Crippen molar-refractivity contribution >= 4 is 22.5 Å². The second kappa shape index (κ2) is 6.44. The van der Waals surface area contributed by atoms with Gasteiger partial charge in [0.25, 0.3) is 0 Å². The summed E-state index contributed by atoms with van der Waals surface area (Å²) in [5.41, 5.74) is 3.02. The Balaban J connectivity index is 1.56. The van der Waals surface area contributed by atoms with Gasteiger partial charge in [-0.15, -0.1) is 5.10 Å². The molecule has 0 atom stereocenters. The number of amides is 1. The van der Waals surface area contributed by atoms with Gasteiger partial charge in [0.2, 0.25) is 5.91 Å². The molecule has 0 unspecified atom stereocenters. The molecule has 2 aromatic heterocycles. The lowest BCUT2D eigenvalue weighted by atomic mass is 10.1. The van der Waals surface area contributed by atoms with Crippen molar-refractivity contribution in [3.63, 3.8) is 0 Å². The standard InChI is InChI=1S/C19H17N5O2/c1-13-6-8-14(9-7-13)10-20-17(25)11-24-19(26)23-12-21-16-5-3-2-4-15(16)18(23)22-24/h2-9,12H,10-11H2,1H3,(H,20,25). The second-order valence-corrected chi connectivity index (χ2v) is 6.16. The predicted molar refractivity (Wildman–Crippen MR) is 97.8 cm³/mol. The SMILES string of the molecule is Cc1ccc(CNC(=O)Cn2nc3c4ccccc4ncn3c2=O)cc1. The average Bonchev–Trinajstić information content (AvgIpc) is 2.97.